The number of para-hydroxylation sites is 1. The van der Waals surface area contributed by atoms with Crippen LogP contribution in [0.1, 0.15) is 19.3 Å². The Kier molecular flexibility index (Phi) is 4.20. The van der Waals surface area contributed by atoms with Crippen molar-refractivity contribution < 1.29 is 9.47 Å². The van der Waals surface area contributed by atoms with E-state index in [1.54, 1.807) is 24.1 Å². The molecule has 1 aromatic carbocycles. The molecule has 1 fully saturated rings. The molecule has 1 aliphatic rings. The Morgan fingerprint density at radius 3 is 3.14 bits per heavy atom. The Morgan fingerprint density at radius 1 is 1.48 bits per heavy atom. The van der Waals surface area contributed by atoms with Crippen LogP contribution >= 0.6 is 0 Å². The molecule has 0 unspecified atom stereocenters. The molecule has 112 valence electrons. The van der Waals surface area contributed by atoms with Crippen LogP contribution in [0, 0.1) is 5.92 Å². The zero-order chi connectivity index (χ0) is 14.7. The molecule has 0 N–H and O–H groups in total. The van der Waals surface area contributed by atoms with Gasteiger partial charge >= 0.3 is 0 Å². The van der Waals surface area contributed by atoms with Gasteiger partial charge in [-0.1, -0.05) is 6.07 Å². The predicted molar refractivity (Wildman–Crippen MR) is 80.7 cm³/mol. The largest absolute Gasteiger partial charge is 0.494 e. The molecule has 1 saturated heterocycles. The minimum absolute atomic E-state index is 0.00405. The van der Waals surface area contributed by atoms with E-state index in [2.05, 4.69) is 4.98 Å². The molecule has 0 aliphatic carbocycles. The number of aryl methyl sites for hydroxylation is 1. The Balaban J connectivity index is 1.83. The summed E-state index contributed by atoms with van der Waals surface area (Å²) in [4.78, 5) is 16.9. The van der Waals surface area contributed by atoms with Gasteiger partial charge in [0.2, 0.25) is 0 Å². The molecule has 21 heavy (non-hydrogen) atoms. The molecule has 2 aromatic rings. The Bertz CT molecular complexity index is 675. The minimum Gasteiger partial charge on any atom is -0.494 e. The summed E-state index contributed by atoms with van der Waals surface area (Å²) in [5, 5.41) is 0.608. The van der Waals surface area contributed by atoms with E-state index in [4.69, 9.17) is 9.47 Å². The van der Waals surface area contributed by atoms with Crippen molar-refractivity contribution in [1.29, 1.82) is 0 Å². The summed E-state index contributed by atoms with van der Waals surface area (Å²) < 4.78 is 12.4. The number of hydrogen-bond donors (Lipinski definition) is 0. The van der Waals surface area contributed by atoms with Crippen LogP contribution in [0.4, 0.5) is 0 Å². The van der Waals surface area contributed by atoms with Gasteiger partial charge in [0.1, 0.15) is 11.3 Å². The lowest BCUT2D eigenvalue weighted by atomic mass is 9.99. The first-order chi connectivity index (χ1) is 10.3. The predicted octanol–water partition coefficient (Wildman–Crippen LogP) is 2.22. The second kappa shape index (κ2) is 6.26. The average Bonchev–Trinajstić information content (AvgIpc) is 2.55. The summed E-state index contributed by atoms with van der Waals surface area (Å²) in [5.41, 5.74) is 0.623. The highest BCUT2D eigenvalue weighted by Gasteiger charge is 2.15. The highest BCUT2D eigenvalue weighted by molar-refractivity contribution is 5.83. The van der Waals surface area contributed by atoms with E-state index in [0.717, 1.165) is 26.1 Å². The van der Waals surface area contributed by atoms with E-state index >= 15 is 0 Å². The number of fused-ring (bicyclic) bond motifs is 1. The van der Waals surface area contributed by atoms with Crippen molar-refractivity contribution >= 4 is 10.9 Å². The van der Waals surface area contributed by atoms with Gasteiger partial charge in [0.05, 0.1) is 18.8 Å². The summed E-state index contributed by atoms with van der Waals surface area (Å²) >= 11 is 0. The smallest absolute Gasteiger partial charge is 0.261 e. The molecule has 5 nitrogen and oxygen atoms in total. The lowest BCUT2D eigenvalue weighted by Crippen LogP contribution is -2.24. The molecular formula is C16H20N2O3. The van der Waals surface area contributed by atoms with Crippen LogP contribution < -0.4 is 10.3 Å². The Morgan fingerprint density at radius 2 is 2.38 bits per heavy atom. The number of rotatable bonds is 4. The van der Waals surface area contributed by atoms with Gasteiger partial charge in [-0.3, -0.25) is 9.36 Å². The van der Waals surface area contributed by atoms with Crippen LogP contribution in [0.5, 0.6) is 5.75 Å². The van der Waals surface area contributed by atoms with Gasteiger partial charge in [0, 0.05) is 19.8 Å². The van der Waals surface area contributed by atoms with Crippen molar-refractivity contribution in [3.05, 3.63) is 34.9 Å². The molecule has 1 aromatic heterocycles. The molecule has 0 saturated carbocycles. The van der Waals surface area contributed by atoms with Crippen LogP contribution in [0.15, 0.2) is 29.3 Å². The number of aromatic nitrogens is 2. The van der Waals surface area contributed by atoms with E-state index in [0.29, 0.717) is 29.1 Å². The van der Waals surface area contributed by atoms with Crippen molar-refractivity contribution in [2.24, 2.45) is 5.92 Å². The zero-order valence-electron chi connectivity index (χ0n) is 12.2. The lowest BCUT2D eigenvalue weighted by Gasteiger charge is -2.22. The fourth-order valence-electron chi connectivity index (χ4n) is 2.84. The van der Waals surface area contributed by atoms with Gasteiger partial charge in [0.15, 0.2) is 0 Å². The number of methoxy groups -OCH3 is 1. The topological polar surface area (TPSA) is 53.4 Å². The van der Waals surface area contributed by atoms with Gasteiger partial charge in [-0.15, -0.1) is 0 Å². The Hall–Kier alpha value is -1.88. The van der Waals surface area contributed by atoms with Gasteiger partial charge in [0.25, 0.3) is 5.56 Å². The SMILES string of the molecule is COc1cccc2c(=O)n(CC[C@H]3CCCOC3)cnc12. The first-order valence-corrected chi connectivity index (χ1v) is 7.39. The highest BCUT2D eigenvalue weighted by Crippen LogP contribution is 2.21. The van der Waals surface area contributed by atoms with Gasteiger partial charge < -0.3 is 9.47 Å². The second-order valence-electron chi connectivity index (χ2n) is 5.47. The molecular weight excluding hydrogens is 268 g/mol. The molecule has 5 heteroatoms. The quantitative estimate of drug-likeness (QED) is 0.865. The van der Waals surface area contributed by atoms with Crippen LogP contribution in [0.3, 0.4) is 0 Å². The summed E-state index contributed by atoms with van der Waals surface area (Å²) in [6.07, 6.45) is 4.88. The molecule has 0 bridgehead atoms. The summed E-state index contributed by atoms with van der Waals surface area (Å²) in [6.45, 7) is 2.37. The maximum absolute atomic E-state index is 12.5. The van der Waals surface area contributed by atoms with Gasteiger partial charge in [-0.2, -0.15) is 0 Å². The van der Waals surface area contributed by atoms with Crippen molar-refractivity contribution in [2.45, 2.75) is 25.8 Å². The third-order valence-electron chi connectivity index (χ3n) is 4.07. The Labute approximate surface area is 123 Å². The minimum atomic E-state index is -0.00405. The number of ether oxygens (including phenoxy) is 2. The molecule has 0 spiro atoms. The summed E-state index contributed by atoms with van der Waals surface area (Å²) in [6, 6.07) is 5.44. The summed E-state index contributed by atoms with van der Waals surface area (Å²) in [5.74, 6) is 1.18. The normalized spacial score (nSPS) is 18.8. The van der Waals surface area contributed by atoms with Crippen LogP contribution in [-0.4, -0.2) is 29.9 Å². The molecule has 0 radical (unpaired) electrons. The van der Waals surface area contributed by atoms with E-state index in [1.165, 1.54) is 6.42 Å². The third-order valence-corrected chi connectivity index (χ3v) is 4.07. The highest BCUT2D eigenvalue weighted by atomic mass is 16.5. The van der Waals surface area contributed by atoms with Crippen LogP contribution in [0.2, 0.25) is 0 Å². The van der Waals surface area contributed by atoms with Crippen molar-refractivity contribution in [2.75, 3.05) is 20.3 Å². The molecule has 1 atom stereocenters. The number of benzene rings is 1. The maximum atomic E-state index is 12.5. The van der Waals surface area contributed by atoms with E-state index in [-0.39, 0.29) is 5.56 Å². The van der Waals surface area contributed by atoms with E-state index in [1.807, 2.05) is 12.1 Å². The summed E-state index contributed by atoms with van der Waals surface area (Å²) in [7, 11) is 1.59. The van der Waals surface area contributed by atoms with Crippen LogP contribution in [-0.2, 0) is 11.3 Å². The fraction of sp³-hybridized carbons (Fsp3) is 0.500. The van der Waals surface area contributed by atoms with Gasteiger partial charge in [-0.25, -0.2) is 4.98 Å². The molecule has 2 heterocycles. The lowest BCUT2D eigenvalue weighted by molar-refractivity contribution is 0.0499. The fourth-order valence-corrected chi connectivity index (χ4v) is 2.84. The first-order valence-electron chi connectivity index (χ1n) is 7.39. The average molecular weight is 288 g/mol. The van der Waals surface area contributed by atoms with Crippen molar-refractivity contribution in [3.8, 4) is 5.75 Å². The molecule has 1 aliphatic heterocycles. The number of nitrogens with zero attached hydrogens (tertiary/aromatic N) is 2. The van der Waals surface area contributed by atoms with Crippen LogP contribution in [0.25, 0.3) is 10.9 Å². The van der Waals surface area contributed by atoms with Crippen molar-refractivity contribution in [1.82, 2.24) is 9.55 Å². The standard InChI is InChI=1S/C16H20N2O3/c1-20-14-6-2-5-13-15(14)17-11-18(16(13)19)8-7-12-4-3-9-21-10-12/h2,5-6,11-12H,3-4,7-10H2,1H3/t12-/m1/s1. The molecule has 0 amide bonds. The third kappa shape index (κ3) is 2.93. The zero-order valence-corrected chi connectivity index (χ0v) is 12.2. The maximum Gasteiger partial charge on any atom is 0.261 e. The van der Waals surface area contributed by atoms with Gasteiger partial charge in [-0.05, 0) is 37.3 Å². The first kappa shape index (κ1) is 14.1. The second-order valence-corrected chi connectivity index (χ2v) is 5.47. The molecule has 3 rings (SSSR count). The van der Waals surface area contributed by atoms with E-state index < -0.39 is 0 Å². The number of hydrogen-bond acceptors (Lipinski definition) is 4. The van der Waals surface area contributed by atoms with Crippen molar-refractivity contribution in [3.63, 3.8) is 0 Å². The van der Waals surface area contributed by atoms with E-state index in [9.17, 15) is 4.79 Å². The monoisotopic (exact) mass is 288 g/mol.